The van der Waals surface area contributed by atoms with Crippen LogP contribution in [0.5, 0.6) is 0 Å². The molecule has 0 spiro atoms. The standard InChI is InChI=1S/C9H9ClN4O2S/c1-5-3-6(13-16-5)4-14(2)8(15)7-11-12-9(10)17-7/h3H,4H2,1-2H3. The van der Waals surface area contributed by atoms with Gasteiger partial charge in [0.2, 0.25) is 9.47 Å². The van der Waals surface area contributed by atoms with E-state index in [1.807, 2.05) is 0 Å². The molecule has 0 aliphatic heterocycles. The smallest absolute Gasteiger partial charge is 0.284 e. The Hall–Kier alpha value is -1.47. The Kier molecular flexibility index (Phi) is 3.39. The molecule has 6 nitrogen and oxygen atoms in total. The van der Waals surface area contributed by atoms with E-state index >= 15 is 0 Å². The van der Waals surface area contributed by atoms with Crippen LogP contribution in [0.1, 0.15) is 21.3 Å². The summed E-state index contributed by atoms with van der Waals surface area (Å²) in [6.07, 6.45) is 0. The molecule has 0 N–H and O–H groups in total. The SMILES string of the molecule is Cc1cc(CN(C)C(=O)c2nnc(Cl)s2)no1. The lowest BCUT2D eigenvalue weighted by Gasteiger charge is -2.12. The lowest BCUT2D eigenvalue weighted by atomic mass is 10.3. The predicted molar refractivity (Wildman–Crippen MR) is 62.0 cm³/mol. The molecule has 90 valence electrons. The first-order valence-electron chi connectivity index (χ1n) is 4.73. The summed E-state index contributed by atoms with van der Waals surface area (Å²) in [6.45, 7) is 2.15. The molecule has 0 bridgehead atoms. The van der Waals surface area contributed by atoms with Gasteiger partial charge in [0.1, 0.15) is 11.5 Å². The Balaban J connectivity index is 2.05. The molecule has 1 amide bonds. The van der Waals surface area contributed by atoms with Gasteiger partial charge in [-0.05, 0) is 18.5 Å². The third-order valence-corrected chi connectivity index (χ3v) is 3.01. The third kappa shape index (κ3) is 2.80. The Morgan fingerprint density at radius 2 is 2.35 bits per heavy atom. The van der Waals surface area contributed by atoms with Gasteiger partial charge < -0.3 is 9.42 Å². The van der Waals surface area contributed by atoms with Crippen LogP contribution in [0.3, 0.4) is 0 Å². The molecule has 0 unspecified atom stereocenters. The summed E-state index contributed by atoms with van der Waals surface area (Å²) >= 11 is 6.67. The highest BCUT2D eigenvalue weighted by Gasteiger charge is 2.18. The first-order chi connectivity index (χ1) is 8.06. The summed E-state index contributed by atoms with van der Waals surface area (Å²) in [6, 6.07) is 1.77. The molecule has 2 heterocycles. The second-order valence-electron chi connectivity index (χ2n) is 3.45. The zero-order chi connectivity index (χ0) is 12.4. The highest BCUT2D eigenvalue weighted by atomic mass is 35.5. The number of hydrogen-bond donors (Lipinski definition) is 0. The number of hydrogen-bond acceptors (Lipinski definition) is 6. The molecule has 0 atom stereocenters. The Bertz CT molecular complexity index is 539. The molecule has 0 fully saturated rings. The minimum atomic E-state index is -0.241. The normalized spacial score (nSPS) is 10.5. The van der Waals surface area contributed by atoms with E-state index < -0.39 is 0 Å². The summed E-state index contributed by atoms with van der Waals surface area (Å²) in [5.74, 6) is 0.467. The average molecular weight is 273 g/mol. The van der Waals surface area contributed by atoms with Crippen LogP contribution >= 0.6 is 22.9 Å². The van der Waals surface area contributed by atoms with E-state index in [2.05, 4.69) is 15.4 Å². The van der Waals surface area contributed by atoms with Crippen molar-refractivity contribution in [3.63, 3.8) is 0 Å². The maximum Gasteiger partial charge on any atom is 0.284 e. The number of halogens is 1. The Morgan fingerprint density at radius 1 is 1.59 bits per heavy atom. The molecule has 8 heteroatoms. The van der Waals surface area contributed by atoms with Gasteiger partial charge >= 0.3 is 0 Å². The van der Waals surface area contributed by atoms with Crippen molar-refractivity contribution in [2.75, 3.05) is 7.05 Å². The lowest BCUT2D eigenvalue weighted by molar-refractivity contribution is 0.0781. The third-order valence-electron chi connectivity index (χ3n) is 2.01. The number of aromatic nitrogens is 3. The average Bonchev–Trinajstić information content (AvgIpc) is 2.87. The monoisotopic (exact) mass is 272 g/mol. The van der Waals surface area contributed by atoms with Gasteiger partial charge in [0.15, 0.2) is 0 Å². The Morgan fingerprint density at radius 3 is 2.88 bits per heavy atom. The van der Waals surface area contributed by atoms with Crippen LogP contribution in [-0.2, 0) is 6.54 Å². The fourth-order valence-electron chi connectivity index (χ4n) is 1.26. The topological polar surface area (TPSA) is 72.1 Å². The van der Waals surface area contributed by atoms with Gasteiger partial charge in [-0.25, -0.2) is 0 Å². The molecule has 0 radical (unpaired) electrons. The van der Waals surface area contributed by atoms with Gasteiger partial charge in [-0.2, -0.15) is 0 Å². The lowest BCUT2D eigenvalue weighted by Crippen LogP contribution is -2.26. The fourth-order valence-corrected chi connectivity index (χ4v) is 2.09. The van der Waals surface area contributed by atoms with Crippen molar-refractivity contribution < 1.29 is 9.32 Å². The molecular formula is C9H9ClN4O2S. The summed E-state index contributed by atoms with van der Waals surface area (Å²) in [5, 5.41) is 11.3. The summed E-state index contributed by atoms with van der Waals surface area (Å²) < 4.78 is 5.17. The van der Waals surface area contributed by atoms with Crippen LogP contribution in [0, 0.1) is 6.92 Å². The number of carbonyl (C=O) groups is 1. The first-order valence-corrected chi connectivity index (χ1v) is 5.92. The zero-order valence-electron chi connectivity index (χ0n) is 9.18. The van der Waals surface area contributed by atoms with E-state index in [-0.39, 0.29) is 15.4 Å². The number of nitrogens with zero attached hydrogens (tertiary/aromatic N) is 4. The van der Waals surface area contributed by atoms with E-state index in [9.17, 15) is 4.79 Å². The van der Waals surface area contributed by atoms with Crippen molar-refractivity contribution >= 4 is 28.8 Å². The van der Waals surface area contributed by atoms with Crippen molar-refractivity contribution in [3.8, 4) is 0 Å². The van der Waals surface area contributed by atoms with Gasteiger partial charge in [0.25, 0.3) is 5.91 Å². The maximum atomic E-state index is 11.9. The zero-order valence-corrected chi connectivity index (χ0v) is 10.7. The number of carbonyl (C=O) groups excluding carboxylic acids is 1. The molecule has 2 aromatic heterocycles. The molecule has 0 aliphatic rings. The Labute approximate surface area is 106 Å². The molecule has 17 heavy (non-hydrogen) atoms. The van der Waals surface area contributed by atoms with Crippen LogP contribution in [-0.4, -0.2) is 33.2 Å². The minimum Gasteiger partial charge on any atom is -0.361 e. The van der Waals surface area contributed by atoms with Crippen LogP contribution in [0.15, 0.2) is 10.6 Å². The van der Waals surface area contributed by atoms with Crippen LogP contribution in [0.25, 0.3) is 0 Å². The second-order valence-corrected chi connectivity index (χ2v) is 5.01. The summed E-state index contributed by atoms with van der Waals surface area (Å²) in [5.41, 5.74) is 0.689. The molecule has 2 rings (SSSR count). The van der Waals surface area contributed by atoms with Crippen molar-refractivity contribution in [2.24, 2.45) is 0 Å². The van der Waals surface area contributed by atoms with E-state index in [0.717, 1.165) is 11.3 Å². The molecule has 0 aromatic carbocycles. The van der Waals surface area contributed by atoms with Crippen molar-refractivity contribution in [3.05, 3.63) is 27.0 Å². The largest absolute Gasteiger partial charge is 0.361 e. The van der Waals surface area contributed by atoms with Gasteiger partial charge in [-0.3, -0.25) is 4.79 Å². The molecule has 0 aliphatic carbocycles. The molecule has 0 saturated heterocycles. The summed E-state index contributed by atoms with van der Waals surface area (Å²) in [4.78, 5) is 13.4. The van der Waals surface area contributed by atoms with Gasteiger partial charge in [0.05, 0.1) is 6.54 Å². The predicted octanol–water partition coefficient (Wildman–Crippen LogP) is 1.76. The van der Waals surface area contributed by atoms with Crippen molar-refractivity contribution in [1.82, 2.24) is 20.3 Å². The highest BCUT2D eigenvalue weighted by Crippen LogP contribution is 2.17. The van der Waals surface area contributed by atoms with E-state index in [0.29, 0.717) is 18.0 Å². The second kappa shape index (κ2) is 4.80. The number of aryl methyl sites for hydroxylation is 1. The quantitative estimate of drug-likeness (QED) is 0.851. The van der Waals surface area contributed by atoms with Crippen LogP contribution in [0.4, 0.5) is 0 Å². The van der Waals surface area contributed by atoms with Gasteiger partial charge in [-0.15, -0.1) is 10.2 Å². The number of rotatable bonds is 3. The molecule has 2 aromatic rings. The first kappa shape index (κ1) is 12.0. The van der Waals surface area contributed by atoms with E-state index in [4.69, 9.17) is 16.1 Å². The van der Waals surface area contributed by atoms with Crippen molar-refractivity contribution in [2.45, 2.75) is 13.5 Å². The van der Waals surface area contributed by atoms with E-state index in [1.54, 1.807) is 20.0 Å². The molecule has 0 saturated carbocycles. The summed E-state index contributed by atoms with van der Waals surface area (Å²) in [7, 11) is 1.65. The van der Waals surface area contributed by atoms with Gasteiger partial charge in [0, 0.05) is 13.1 Å². The maximum absolute atomic E-state index is 11.9. The van der Waals surface area contributed by atoms with Crippen LogP contribution < -0.4 is 0 Å². The van der Waals surface area contributed by atoms with Gasteiger partial charge in [-0.1, -0.05) is 16.5 Å². The van der Waals surface area contributed by atoms with Crippen molar-refractivity contribution in [1.29, 1.82) is 0 Å². The molecular weight excluding hydrogens is 264 g/mol. The minimum absolute atomic E-state index is 0.241. The number of amides is 1. The fraction of sp³-hybridized carbons (Fsp3) is 0.333. The van der Waals surface area contributed by atoms with Crippen LogP contribution in [0.2, 0.25) is 4.47 Å². The van der Waals surface area contributed by atoms with E-state index in [1.165, 1.54) is 4.90 Å². The highest BCUT2D eigenvalue weighted by molar-refractivity contribution is 7.17.